The van der Waals surface area contributed by atoms with Crippen LogP contribution in [0.5, 0.6) is 0 Å². The summed E-state index contributed by atoms with van der Waals surface area (Å²) in [4.78, 5) is 21.3. The zero-order chi connectivity index (χ0) is 16.4. The van der Waals surface area contributed by atoms with Gasteiger partial charge in [0.05, 0.1) is 30.5 Å². The number of aryl methyl sites for hydroxylation is 1. The van der Waals surface area contributed by atoms with E-state index >= 15 is 0 Å². The first-order valence-electron chi connectivity index (χ1n) is 8.12. The van der Waals surface area contributed by atoms with Crippen LogP contribution in [-0.4, -0.2) is 44.9 Å². The van der Waals surface area contributed by atoms with Crippen molar-refractivity contribution in [2.45, 2.75) is 45.9 Å². The summed E-state index contributed by atoms with van der Waals surface area (Å²) < 4.78 is 7.44. The van der Waals surface area contributed by atoms with Crippen molar-refractivity contribution < 1.29 is 9.21 Å². The molecule has 0 aliphatic carbocycles. The number of rotatable bonds is 4. The molecule has 0 saturated heterocycles. The molecule has 0 N–H and O–H groups in total. The van der Waals surface area contributed by atoms with Gasteiger partial charge in [-0.05, 0) is 39.4 Å². The predicted octanol–water partition coefficient (Wildman–Crippen LogP) is 2.36. The summed E-state index contributed by atoms with van der Waals surface area (Å²) in [5.41, 5.74) is 2.19. The number of hydrogen-bond acceptors (Lipinski definition) is 4. The third-order valence-electron chi connectivity index (χ3n) is 4.50. The van der Waals surface area contributed by atoms with E-state index in [2.05, 4.69) is 35.3 Å². The lowest BCUT2D eigenvalue weighted by molar-refractivity contribution is 0.0712. The first-order valence-corrected chi connectivity index (χ1v) is 8.12. The van der Waals surface area contributed by atoms with Gasteiger partial charge in [-0.3, -0.25) is 9.69 Å². The van der Waals surface area contributed by atoms with Crippen molar-refractivity contribution in [3.63, 3.8) is 0 Å². The largest absolute Gasteiger partial charge is 0.459 e. The number of furan rings is 1. The SMILES string of the molecule is CC(C)N(C)Cc1ncn2c1CN(C(=O)c1ccco1)CCC2. The van der Waals surface area contributed by atoms with Gasteiger partial charge in [0.25, 0.3) is 5.91 Å². The molecule has 2 aromatic rings. The van der Waals surface area contributed by atoms with Crippen molar-refractivity contribution in [1.29, 1.82) is 0 Å². The average Bonchev–Trinajstić information content (AvgIpc) is 3.12. The van der Waals surface area contributed by atoms with E-state index in [1.54, 1.807) is 18.4 Å². The molecule has 2 aromatic heterocycles. The zero-order valence-corrected chi connectivity index (χ0v) is 14.0. The van der Waals surface area contributed by atoms with Crippen LogP contribution >= 0.6 is 0 Å². The van der Waals surface area contributed by atoms with Gasteiger partial charge in [-0.1, -0.05) is 0 Å². The molecule has 0 saturated carbocycles. The molecule has 6 nitrogen and oxygen atoms in total. The maximum absolute atomic E-state index is 12.6. The van der Waals surface area contributed by atoms with Crippen LogP contribution in [0.2, 0.25) is 0 Å². The van der Waals surface area contributed by atoms with Gasteiger partial charge in [-0.15, -0.1) is 0 Å². The molecule has 3 rings (SSSR count). The molecule has 6 heteroatoms. The Morgan fingerprint density at radius 3 is 2.96 bits per heavy atom. The van der Waals surface area contributed by atoms with Crippen LogP contribution in [0.3, 0.4) is 0 Å². The molecule has 0 aromatic carbocycles. The molecule has 3 heterocycles. The number of amides is 1. The Hall–Kier alpha value is -2.08. The number of imidazole rings is 1. The number of carbonyl (C=O) groups is 1. The lowest BCUT2D eigenvalue weighted by atomic mass is 10.2. The third kappa shape index (κ3) is 3.32. The Kier molecular flexibility index (Phi) is 4.52. The molecule has 23 heavy (non-hydrogen) atoms. The smallest absolute Gasteiger partial charge is 0.289 e. The minimum Gasteiger partial charge on any atom is -0.459 e. The van der Waals surface area contributed by atoms with Gasteiger partial charge in [0, 0.05) is 25.7 Å². The molecular formula is C17H24N4O2. The van der Waals surface area contributed by atoms with E-state index in [1.165, 1.54) is 0 Å². The van der Waals surface area contributed by atoms with Crippen LogP contribution in [-0.2, 0) is 19.6 Å². The summed E-state index contributed by atoms with van der Waals surface area (Å²) >= 11 is 0. The Balaban J connectivity index is 1.81. The van der Waals surface area contributed by atoms with E-state index in [4.69, 9.17) is 4.42 Å². The van der Waals surface area contributed by atoms with Crippen molar-refractivity contribution in [3.8, 4) is 0 Å². The lowest BCUT2D eigenvalue weighted by Crippen LogP contribution is -2.31. The minimum absolute atomic E-state index is 0.0483. The summed E-state index contributed by atoms with van der Waals surface area (Å²) in [7, 11) is 2.10. The van der Waals surface area contributed by atoms with Gasteiger partial charge in [-0.2, -0.15) is 0 Å². The van der Waals surface area contributed by atoms with E-state index in [0.29, 0.717) is 18.3 Å². The van der Waals surface area contributed by atoms with Gasteiger partial charge in [0.1, 0.15) is 0 Å². The molecule has 1 amide bonds. The highest BCUT2D eigenvalue weighted by Gasteiger charge is 2.24. The van der Waals surface area contributed by atoms with Crippen LogP contribution in [0, 0.1) is 0 Å². The van der Waals surface area contributed by atoms with Gasteiger partial charge >= 0.3 is 0 Å². The van der Waals surface area contributed by atoms with Crippen LogP contribution in [0.15, 0.2) is 29.1 Å². The lowest BCUT2D eigenvalue weighted by Gasteiger charge is -2.22. The highest BCUT2D eigenvalue weighted by atomic mass is 16.3. The molecule has 0 bridgehead atoms. The van der Waals surface area contributed by atoms with Crippen LogP contribution in [0.1, 0.15) is 42.2 Å². The number of nitrogens with zero attached hydrogens (tertiary/aromatic N) is 4. The fourth-order valence-corrected chi connectivity index (χ4v) is 2.80. The average molecular weight is 316 g/mol. The van der Waals surface area contributed by atoms with Crippen molar-refractivity contribution >= 4 is 5.91 Å². The molecule has 1 aliphatic rings. The fraction of sp³-hybridized carbons (Fsp3) is 0.529. The standard InChI is InChI=1S/C17H24N4O2/c1-13(2)19(3)10-14-15-11-20(7-5-8-21(15)12-18-14)17(22)16-6-4-9-23-16/h4,6,9,12-13H,5,7-8,10-11H2,1-3H3. The summed E-state index contributed by atoms with van der Waals surface area (Å²) in [6.45, 7) is 7.35. The number of aromatic nitrogens is 2. The molecule has 0 unspecified atom stereocenters. The van der Waals surface area contributed by atoms with Crippen molar-refractivity contribution in [2.24, 2.45) is 0 Å². The van der Waals surface area contributed by atoms with Gasteiger partial charge in [-0.25, -0.2) is 4.98 Å². The first-order chi connectivity index (χ1) is 11.1. The second-order valence-electron chi connectivity index (χ2n) is 6.40. The fourth-order valence-electron chi connectivity index (χ4n) is 2.80. The van der Waals surface area contributed by atoms with Gasteiger partial charge in [0.2, 0.25) is 0 Å². The van der Waals surface area contributed by atoms with E-state index in [-0.39, 0.29) is 5.91 Å². The Bertz CT molecular complexity index is 660. The molecule has 0 radical (unpaired) electrons. The van der Waals surface area contributed by atoms with E-state index < -0.39 is 0 Å². The predicted molar refractivity (Wildman–Crippen MR) is 86.9 cm³/mol. The summed E-state index contributed by atoms with van der Waals surface area (Å²) in [6.07, 6.45) is 4.37. The molecule has 124 valence electrons. The maximum Gasteiger partial charge on any atom is 0.289 e. The van der Waals surface area contributed by atoms with E-state index in [0.717, 1.165) is 37.4 Å². The zero-order valence-electron chi connectivity index (χ0n) is 14.0. The Labute approximate surface area is 136 Å². The van der Waals surface area contributed by atoms with E-state index in [9.17, 15) is 4.79 Å². The highest BCUT2D eigenvalue weighted by Crippen LogP contribution is 2.20. The maximum atomic E-state index is 12.6. The number of carbonyl (C=O) groups excluding carboxylic acids is 1. The van der Waals surface area contributed by atoms with Crippen molar-refractivity contribution in [3.05, 3.63) is 41.9 Å². The summed E-state index contributed by atoms with van der Waals surface area (Å²) in [5, 5.41) is 0. The minimum atomic E-state index is -0.0483. The van der Waals surface area contributed by atoms with Crippen LogP contribution in [0.25, 0.3) is 0 Å². The monoisotopic (exact) mass is 316 g/mol. The summed E-state index contributed by atoms with van der Waals surface area (Å²) in [5.74, 6) is 0.353. The number of hydrogen-bond donors (Lipinski definition) is 0. The topological polar surface area (TPSA) is 54.5 Å². The Morgan fingerprint density at radius 2 is 2.26 bits per heavy atom. The van der Waals surface area contributed by atoms with Gasteiger partial charge in [0.15, 0.2) is 5.76 Å². The normalized spacial score (nSPS) is 15.1. The second kappa shape index (κ2) is 6.58. The van der Waals surface area contributed by atoms with Crippen LogP contribution < -0.4 is 0 Å². The Morgan fingerprint density at radius 1 is 1.43 bits per heavy atom. The molecule has 0 atom stereocenters. The van der Waals surface area contributed by atoms with Crippen molar-refractivity contribution in [1.82, 2.24) is 19.4 Å². The highest BCUT2D eigenvalue weighted by molar-refractivity contribution is 5.91. The molecule has 0 spiro atoms. The molecule has 0 fully saturated rings. The molecular weight excluding hydrogens is 292 g/mol. The van der Waals surface area contributed by atoms with E-state index in [1.807, 2.05) is 11.2 Å². The molecule has 1 aliphatic heterocycles. The van der Waals surface area contributed by atoms with Crippen molar-refractivity contribution in [2.75, 3.05) is 13.6 Å². The van der Waals surface area contributed by atoms with Gasteiger partial charge < -0.3 is 13.9 Å². The second-order valence-corrected chi connectivity index (χ2v) is 6.40. The quantitative estimate of drug-likeness (QED) is 0.869. The number of fused-ring (bicyclic) bond motifs is 1. The third-order valence-corrected chi connectivity index (χ3v) is 4.50. The summed E-state index contributed by atoms with van der Waals surface area (Å²) in [6, 6.07) is 3.93. The first kappa shape index (κ1) is 15.8. The van der Waals surface area contributed by atoms with Crippen LogP contribution in [0.4, 0.5) is 0 Å².